The smallest absolute Gasteiger partial charge is 0.0459 e. The van der Waals surface area contributed by atoms with Gasteiger partial charge in [-0.1, -0.05) is 13.8 Å². The standard InChI is InChI=1S/C15H25NS3/c1-4-6-16-14(12-9-11(3)19-10-12)15-13(5-2)17-7-8-18-15/h9-10,13-16H,4-8H2,1-3H3. The van der Waals surface area contributed by atoms with Crippen LogP contribution in [0.3, 0.4) is 0 Å². The Morgan fingerprint density at radius 3 is 2.74 bits per heavy atom. The van der Waals surface area contributed by atoms with Crippen molar-refractivity contribution in [2.75, 3.05) is 18.1 Å². The molecule has 1 aromatic rings. The first kappa shape index (κ1) is 15.7. The van der Waals surface area contributed by atoms with E-state index in [-0.39, 0.29) is 0 Å². The molecular formula is C15H25NS3. The molecule has 2 rings (SSSR count). The average molecular weight is 316 g/mol. The Hall–Kier alpha value is 0.360. The molecule has 2 heterocycles. The van der Waals surface area contributed by atoms with Crippen LogP contribution in [-0.4, -0.2) is 28.6 Å². The molecule has 108 valence electrons. The van der Waals surface area contributed by atoms with Crippen LogP contribution < -0.4 is 5.32 Å². The van der Waals surface area contributed by atoms with Crippen LogP contribution in [0.5, 0.6) is 0 Å². The first-order valence-corrected chi connectivity index (χ1v) is 10.3. The predicted molar refractivity (Wildman–Crippen MR) is 92.9 cm³/mol. The highest BCUT2D eigenvalue weighted by Crippen LogP contribution is 2.41. The van der Waals surface area contributed by atoms with Crippen molar-refractivity contribution in [2.24, 2.45) is 0 Å². The van der Waals surface area contributed by atoms with Crippen LogP contribution in [0.2, 0.25) is 0 Å². The molecule has 0 aliphatic carbocycles. The maximum Gasteiger partial charge on any atom is 0.0459 e. The number of aryl methyl sites for hydroxylation is 1. The second-order valence-corrected chi connectivity index (χ2v) is 8.82. The highest BCUT2D eigenvalue weighted by Gasteiger charge is 2.32. The minimum Gasteiger partial charge on any atom is -0.309 e. The van der Waals surface area contributed by atoms with E-state index in [0.717, 1.165) is 17.0 Å². The fourth-order valence-corrected chi connectivity index (χ4v) is 6.59. The van der Waals surface area contributed by atoms with Gasteiger partial charge in [0.1, 0.15) is 0 Å². The van der Waals surface area contributed by atoms with Crippen LogP contribution in [0, 0.1) is 6.92 Å². The molecule has 0 bridgehead atoms. The van der Waals surface area contributed by atoms with Gasteiger partial charge in [0.25, 0.3) is 0 Å². The summed E-state index contributed by atoms with van der Waals surface area (Å²) in [7, 11) is 0. The van der Waals surface area contributed by atoms with Crippen molar-refractivity contribution in [3.63, 3.8) is 0 Å². The Morgan fingerprint density at radius 1 is 1.32 bits per heavy atom. The monoisotopic (exact) mass is 315 g/mol. The molecule has 1 nitrogen and oxygen atoms in total. The van der Waals surface area contributed by atoms with E-state index >= 15 is 0 Å². The molecule has 1 aromatic heterocycles. The van der Waals surface area contributed by atoms with Gasteiger partial charge in [0, 0.05) is 32.9 Å². The Kier molecular flexibility index (Phi) is 6.60. The second-order valence-electron chi connectivity index (χ2n) is 5.08. The van der Waals surface area contributed by atoms with E-state index in [4.69, 9.17) is 0 Å². The van der Waals surface area contributed by atoms with Gasteiger partial charge in [-0.3, -0.25) is 0 Å². The average Bonchev–Trinajstić information content (AvgIpc) is 2.86. The lowest BCUT2D eigenvalue weighted by Crippen LogP contribution is -2.38. The van der Waals surface area contributed by atoms with Gasteiger partial charge in [-0.2, -0.15) is 23.5 Å². The molecule has 1 fully saturated rings. The summed E-state index contributed by atoms with van der Waals surface area (Å²) in [5.41, 5.74) is 1.51. The van der Waals surface area contributed by atoms with Crippen LogP contribution in [-0.2, 0) is 0 Å². The van der Waals surface area contributed by atoms with Crippen molar-refractivity contribution in [3.05, 3.63) is 21.9 Å². The largest absolute Gasteiger partial charge is 0.309 e. The topological polar surface area (TPSA) is 12.0 Å². The summed E-state index contributed by atoms with van der Waals surface area (Å²) in [4.78, 5) is 1.43. The quantitative estimate of drug-likeness (QED) is 0.815. The van der Waals surface area contributed by atoms with E-state index in [1.54, 1.807) is 0 Å². The van der Waals surface area contributed by atoms with Crippen molar-refractivity contribution >= 4 is 34.9 Å². The van der Waals surface area contributed by atoms with Gasteiger partial charge in [0.05, 0.1) is 0 Å². The Balaban J connectivity index is 2.15. The lowest BCUT2D eigenvalue weighted by molar-refractivity contribution is 0.499. The van der Waals surface area contributed by atoms with Gasteiger partial charge in [-0.05, 0) is 43.3 Å². The number of rotatable bonds is 6. The van der Waals surface area contributed by atoms with E-state index in [2.05, 4.69) is 61.1 Å². The molecule has 0 amide bonds. The summed E-state index contributed by atoms with van der Waals surface area (Å²) in [6, 6.07) is 2.91. The van der Waals surface area contributed by atoms with Crippen LogP contribution in [0.1, 0.15) is 43.2 Å². The second kappa shape index (κ2) is 7.96. The maximum atomic E-state index is 3.81. The number of hydrogen-bond donors (Lipinski definition) is 1. The molecule has 1 saturated heterocycles. The number of thioether (sulfide) groups is 2. The minimum atomic E-state index is 0.535. The van der Waals surface area contributed by atoms with Gasteiger partial charge in [0.2, 0.25) is 0 Å². The maximum absolute atomic E-state index is 3.81. The van der Waals surface area contributed by atoms with Crippen LogP contribution in [0.15, 0.2) is 11.4 Å². The zero-order valence-corrected chi connectivity index (χ0v) is 14.6. The minimum absolute atomic E-state index is 0.535. The van der Waals surface area contributed by atoms with Crippen LogP contribution in [0.4, 0.5) is 0 Å². The number of nitrogens with one attached hydrogen (secondary N) is 1. The summed E-state index contributed by atoms with van der Waals surface area (Å²) in [6.07, 6.45) is 2.50. The summed E-state index contributed by atoms with van der Waals surface area (Å²) >= 11 is 6.24. The van der Waals surface area contributed by atoms with Crippen molar-refractivity contribution in [2.45, 2.75) is 50.2 Å². The molecule has 1 N–H and O–H groups in total. The van der Waals surface area contributed by atoms with Gasteiger partial charge in [-0.15, -0.1) is 11.3 Å². The van der Waals surface area contributed by atoms with Crippen molar-refractivity contribution < 1.29 is 0 Å². The Labute approximate surface area is 130 Å². The van der Waals surface area contributed by atoms with E-state index in [9.17, 15) is 0 Å². The molecule has 0 aromatic carbocycles. The van der Waals surface area contributed by atoms with Crippen molar-refractivity contribution in [3.8, 4) is 0 Å². The molecule has 3 unspecified atom stereocenters. The third kappa shape index (κ3) is 4.16. The SMILES string of the molecule is CCCNC(c1csc(C)c1)C1SCCSC1CC. The van der Waals surface area contributed by atoms with E-state index < -0.39 is 0 Å². The molecular weight excluding hydrogens is 290 g/mol. The van der Waals surface area contributed by atoms with Gasteiger partial charge in [-0.25, -0.2) is 0 Å². The zero-order chi connectivity index (χ0) is 13.7. The van der Waals surface area contributed by atoms with E-state index in [0.29, 0.717) is 6.04 Å². The van der Waals surface area contributed by atoms with Gasteiger partial charge >= 0.3 is 0 Å². The normalized spacial score (nSPS) is 25.4. The molecule has 0 radical (unpaired) electrons. The molecule has 1 aliphatic rings. The third-order valence-electron chi connectivity index (χ3n) is 3.55. The lowest BCUT2D eigenvalue weighted by Gasteiger charge is -2.36. The van der Waals surface area contributed by atoms with Crippen LogP contribution in [0.25, 0.3) is 0 Å². The van der Waals surface area contributed by atoms with Crippen LogP contribution >= 0.6 is 34.9 Å². The number of thiophene rings is 1. The fraction of sp³-hybridized carbons (Fsp3) is 0.733. The molecule has 1 aliphatic heterocycles. The third-order valence-corrected chi connectivity index (χ3v) is 7.78. The highest BCUT2D eigenvalue weighted by molar-refractivity contribution is 8.07. The first-order valence-electron chi connectivity index (χ1n) is 7.27. The van der Waals surface area contributed by atoms with E-state index in [1.807, 2.05) is 11.3 Å². The Morgan fingerprint density at radius 2 is 2.11 bits per heavy atom. The highest BCUT2D eigenvalue weighted by atomic mass is 32.2. The number of hydrogen-bond acceptors (Lipinski definition) is 4. The van der Waals surface area contributed by atoms with Gasteiger partial charge in [0.15, 0.2) is 0 Å². The molecule has 4 heteroatoms. The lowest BCUT2D eigenvalue weighted by atomic mass is 10.0. The summed E-state index contributed by atoms with van der Waals surface area (Å²) in [5, 5.41) is 7.69. The van der Waals surface area contributed by atoms with Crippen molar-refractivity contribution in [1.29, 1.82) is 0 Å². The summed E-state index contributed by atoms with van der Waals surface area (Å²) in [6.45, 7) is 7.93. The predicted octanol–water partition coefficient (Wildman–Crippen LogP) is 4.72. The molecule has 19 heavy (non-hydrogen) atoms. The van der Waals surface area contributed by atoms with Gasteiger partial charge < -0.3 is 5.32 Å². The molecule has 3 atom stereocenters. The summed E-state index contributed by atoms with van der Waals surface area (Å²) in [5.74, 6) is 2.63. The fourth-order valence-electron chi connectivity index (χ4n) is 2.60. The Bertz CT molecular complexity index is 377. The summed E-state index contributed by atoms with van der Waals surface area (Å²) < 4.78 is 0. The first-order chi connectivity index (χ1) is 9.26. The molecule has 0 saturated carbocycles. The zero-order valence-electron chi connectivity index (χ0n) is 12.1. The molecule has 0 spiro atoms. The van der Waals surface area contributed by atoms with Crippen molar-refractivity contribution in [1.82, 2.24) is 5.32 Å². The van der Waals surface area contributed by atoms with E-state index in [1.165, 1.54) is 34.8 Å².